The van der Waals surface area contributed by atoms with Gasteiger partial charge in [-0.3, -0.25) is 5.41 Å². The van der Waals surface area contributed by atoms with Crippen molar-refractivity contribution in [3.8, 4) is 0 Å². The van der Waals surface area contributed by atoms with Gasteiger partial charge in [0.15, 0.2) is 0 Å². The number of halogens is 1. The maximum Gasteiger partial charge on any atom is 0.123 e. The Morgan fingerprint density at radius 3 is 2.75 bits per heavy atom. The molecule has 0 saturated heterocycles. The number of fused-ring (bicyclic) bond motifs is 1. The summed E-state index contributed by atoms with van der Waals surface area (Å²) in [5.41, 5.74) is 10.1. The molecule has 3 nitrogen and oxygen atoms in total. The van der Waals surface area contributed by atoms with Crippen LogP contribution in [0.3, 0.4) is 0 Å². The summed E-state index contributed by atoms with van der Waals surface area (Å²) in [7, 11) is 0. The smallest absolute Gasteiger partial charge is 0.123 e. The molecule has 0 aromatic heterocycles. The topological polar surface area (TPSA) is 53.1 Å². The number of hydrogen-bond donors (Lipinski definition) is 2. The van der Waals surface area contributed by atoms with Gasteiger partial charge in [0.2, 0.25) is 0 Å². The van der Waals surface area contributed by atoms with E-state index in [-0.39, 0.29) is 5.84 Å². The first-order valence-corrected chi connectivity index (χ1v) is 7.45. The molecule has 3 N–H and O–H groups in total. The molecule has 0 bridgehead atoms. The second-order valence-electron chi connectivity index (χ2n) is 4.96. The van der Waals surface area contributed by atoms with Crippen LogP contribution in [0.15, 0.2) is 46.9 Å². The summed E-state index contributed by atoms with van der Waals surface area (Å²) in [6, 6.07) is 14.5. The van der Waals surface area contributed by atoms with Crippen LogP contribution in [0.2, 0.25) is 0 Å². The lowest BCUT2D eigenvalue weighted by molar-refractivity contribution is 0.767. The van der Waals surface area contributed by atoms with Gasteiger partial charge in [-0.05, 0) is 58.6 Å². The van der Waals surface area contributed by atoms with Crippen LogP contribution in [0, 0.1) is 5.41 Å². The van der Waals surface area contributed by atoms with Crippen molar-refractivity contribution in [1.29, 1.82) is 5.41 Å². The first-order valence-electron chi connectivity index (χ1n) is 6.66. The van der Waals surface area contributed by atoms with E-state index in [2.05, 4.69) is 45.1 Å². The normalized spacial score (nSPS) is 13.9. The van der Waals surface area contributed by atoms with Crippen molar-refractivity contribution in [2.24, 2.45) is 5.73 Å². The Bertz CT molecular complexity index is 667. The monoisotopic (exact) mass is 329 g/mol. The van der Waals surface area contributed by atoms with Crippen molar-refractivity contribution in [2.45, 2.75) is 12.8 Å². The zero-order chi connectivity index (χ0) is 14.1. The van der Waals surface area contributed by atoms with Crippen molar-refractivity contribution in [3.63, 3.8) is 0 Å². The number of aryl methyl sites for hydroxylation is 1. The molecule has 4 heteroatoms. The highest BCUT2D eigenvalue weighted by Crippen LogP contribution is 2.35. The predicted octanol–water partition coefficient (Wildman–Crippen LogP) is 3.82. The molecule has 0 amide bonds. The molecule has 3 rings (SSSR count). The molecule has 0 saturated carbocycles. The van der Waals surface area contributed by atoms with Crippen LogP contribution < -0.4 is 10.6 Å². The van der Waals surface area contributed by atoms with Gasteiger partial charge in [-0.25, -0.2) is 0 Å². The fraction of sp³-hybridized carbons (Fsp3) is 0.188. The number of hydrogen-bond acceptors (Lipinski definition) is 2. The zero-order valence-electron chi connectivity index (χ0n) is 11.1. The van der Waals surface area contributed by atoms with Crippen molar-refractivity contribution in [3.05, 3.63) is 58.1 Å². The summed E-state index contributed by atoms with van der Waals surface area (Å²) in [5.74, 6) is 0.0856. The van der Waals surface area contributed by atoms with Crippen molar-refractivity contribution in [1.82, 2.24) is 0 Å². The highest BCUT2D eigenvalue weighted by Gasteiger charge is 2.18. The number of para-hydroxylation sites is 1. The van der Waals surface area contributed by atoms with Gasteiger partial charge in [0.25, 0.3) is 0 Å². The molecule has 2 aromatic carbocycles. The van der Waals surface area contributed by atoms with Crippen LogP contribution in [-0.4, -0.2) is 12.4 Å². The number of nitrogens with one attached hydrogen (secondary N) is 1. The molecule has 1 heterocycles. The highest BCUT2D eigenvalue weighted by molar-refractivity contribution is 9.10. The Kier molecular flexibility index (Phi) is 3.49. The second kappa shape index (κ2) is 5.29. The average Bonchev–Trinajstić information content (AvgIpc) is 2.46. The highest BCUT2D eigenvalue weighted by atomic mass is 79.9. The van der Waals surface area contributed by atoms with Gasteiger partial charge in [-0.2, -0.15) is 0 Å². The number of rotatable bonds is 2. The third-order valence-corrected chi connectivity index (χ3v) is 4.32. The molecule has 2 aromatic rings. The first-order chi connectivity index (χ1) is 9.66. The van der Waals surface area contributed by atoms with E-state index in [0.29, 0.717) is 0 Å². The van der Waals surface area contributed by atoms with Crippen LogP contribution >= 0.6 is 15.9 Å². The fourth-order valence-corrected chi connectivity index (χ4v) is 3.27. The summed E-state index contributed by atoms with van der Waals surface area (Å²) in [4.78, 5) is 2.33. The molecule has 0 radical (unpaired) electrons. The largest absolute Gasteiger partial charge is 0.384 e. The minimum absolute atomic E-state index is 0.0856. The number of benzene rings is 2. The summed E-state index contributed by atoms with van der Waals surface area (Å²) >= 11 is 3.51. The molecule has 0 aliphatic carbocycles. The lowest BCUT2D eigenvalue weighted by Gasteiger charge is -2.31. The van der Waals surface area contributed by atoms with Crippen molar-refractivity contribution >= 4 is 33.1 Å². The predicted molar refractivity (Wildman–Crippen MR) is 86.9 cm³/mol. The maximum atomic E-state index is 7.54. The number of amidine groups is 1. The van der Waals surface area contributed by atoms with Gasteiger partial charge in [-0.15, -0.1) is 0 Å². The first kappa shape index (κ1) is 13.2. The third-order valence-electron chi connectivity index (χ3n) is 3.66. The zero-order valence-corrected chi connectivity index (χ0v) is 12.7. The van der Waals surface area contributed by atoms with Crippen LogP contribution in [0.25, 0.3) is 0 Å². The Balaban J connectivity index is 2.03. The minimum Gasteiger partial charge on any atom is -0.384 e. The van der Waals surface area contributed by atoms with E-state index in [1.165, 1.54) is 11.3 Å². The van der Waals surface area contributed by atoms with Gasteiger partial charge in [0.1, 0.15) is 5.84 Å². The summed E-state index contributed by atoms with van der Waals surface area (Å²) in [5, 5.41) is 7.54. The Morgan fingerprint density at radius 2 is 2.00 bits per heavy atom. The van der Waals surface area contributed by atoms with Crippen molar-refractivity contribution < 1.29 is 0 Å². The second-order valence-corrected chi connectivity index (χ2v) is 5.82. The van der Waals surface area contributed by atoms with Gasteiger partial charge >= 0.3 is 0 Å². The van der Waals surface area contributed by atoms with E-state index >= 15 is 0 Å². The van der Waals surface area contributed by atoms with Gasteiger partial charge in [0.05, 0.1) is 0 Å². The molecular formula is C16H16BrN3. The number of anilines is 2. The average molecular weight is 330 g/mol. The van der Waals surface area contributed by atoms with E-state index in [0.717, 1.165) is 35.1 Å². The fourth-order valence-electron chi connectivity index (χ4n) is 2.69. The lowest BCUT2D eigenvalue weighted by atomic mass is 10.0. The lowest BCUT2D eigenvalue weighted by Crippen LogP contribution is -2.24. The molecular weight excluding hydrogens is 314 g/mol. The SMILES string of the molecule is N=C(N)c1ccc(N2CCCc3ccccc32)cc1Br. The van der Waals surface area contributed by atoms with Gasteiger partial charge in [-0.1, -0.05) is 18.2 Å². The molecule has 0 spiro atoms. The molecule has 1 aliphatic heterocycles. The third kappa shape index (κ3) is 2.31. The van der Waals surface area contributed by atoms with E-state index in [1.54, 1.807) is 0 Å². The van der Waals surface area contributed by atoms with E-state index in [1.807, 2.05) is 18.2 Å². The molecule has 0 unspecified atom stereocenters. The molecule has 20 heavy (non-hydrogen) atoms. The van der Waals surface area contributed by atoms with Crippen LogP contribution in [0.4, 0.5) is 11.4 Å². The molecule has 0 atom stereocenters. The Labute approximate surface area is 127 Å². The quantitative estimate of drug-likeness (QED) is 0.650. The van der Waals surface area contributed by atoms with Crippen LogP contribution in [0.5, 0.6) is 0 Å². The van der Waals surface area contributed by atoms with E-state index < -0.39 is 0 Å². The van der Waals surface area contributed by atoms with E-state index in [9.17, 15) is 0 Å². The van der Waals surface area contributed by atoms with Crippen LogP contribution in [0.1, 0.15) is 17.5 Å². The minimum atomic E-state index is 0.0856. The summed E-state index contributed by atoms with van der Waals surface area (Å²) in [6.07, 6.45) is 2.29. The number of nitrogens with two attached hydrogens (primary N) is 1. The van der Waals surface area contributed by atoms with Crippen molar-refractivity contribution in [2.75, 3.05) is 11.4 Å². The number of nitrogens with zero attached hydrogens (tertiary/aromatic N) is 1. The molecule has 0 fully saturated rings. The maximum absolute atomic E-state index is 7.54. The number of nitrogen functional groups attached to an aromatic ring is 1. The summed E-state index contributed by atoms with van der Waals surface area (Å²) in [6.45, 7) is 1.02. The van der Waals surface area contributed by atoms with Crippen LogP contribution in [-0.2, 0) is 6.42 Å². The molecule has 102 valence electrons. The standard InChI is InChI=1S/C16H16BrN3/c17-14-10-12(7-8-13(14)16(18)19)20-9-3-5-11-4-1-2-6-15(11)20/h1-2,4,6-8,10H,3,5,9H2,(H3,18,19). The molecule has 1 aliphatic rings. The van der Waals surface area contributed by atoms with Gasteiger partial charge < -0.3 is 10.6 Å². The Morgan fingerprint density at radius 1 is 1.20 bits per heavy atom. The Hall–Kier alpha value is -1.81. The van der Waals surface area contributed by atoms with Gasteiger partial charge in [0, 0.05) is 28.0 Å². The van der Waals surface area contributed by atoms with E-state index in [4.69, 9.17) is 11.1 Å². The summed E-state index contributed by atoms with van der Waals surface area (Å²) < 4.78 is 0.866.